The van der Waals surface area contributed by atoms with E-state index in [-0.39, 0.29) is 0 Å². The van der Waals surface area contributed by atoms with Crippen LogP contribution in [0.4, 0.5) is 0 Å². The van der Waals surface area contributed by atoms with E-state index >= 15 is 0 Å². The van der Waals surface area contributed by atoms with E-state index in [2.05, 4.69) is 78.6 Å². The van der Waals surface area contributed by atoms with Crippen molar-refractivity contribution in [1.29, 1.82) is 0 Å². The van der Waals surface area contributed by atoms with Gasteiger partial charge in [0.15, 0.2) is 0 Å². The van der Waals surface area contributed by atoms with Crippen molar-refractivity contribution in [3.05, 3.63) is 0 Å². The van der Waals surface area contributed by atoms with E-state index in [1.807, 2.05) is 0 Å². The van der Waals surface area contributed by atoms with Crippen LogP contribution in [0.5, 0.6) is 0 Å². The molecule has 0 unspecified atom stereocenters. The van der Waals surface area contributed by atoms with E-state index in [1.165, 1.54) is 0 Å². The summed E-state index contributed by atoms with van der Waals surface area (Å²) in [5.74, 6) is 0. The van der Waals surface area contributed by atoms with Gasteiger partial charge in [-0.25, -0.2) is 0 Å². The second-order valence-corrected chi connectivity index (χ2v) is 77.0. The lowest BCUT2D eigenvalue weighted by Gasteiger charge is -2.70. The number of rotatable bonds is 4. The molecule has 0 nitrogen and oxygen atoms in total. The Morgan fingerprint density at radius 3 is 0.727 bits per heavy atom. The molecule has 0 bridgehead atoms. The first-order valence-corrected chi connectivity index (χ1v) is 32.9. The molecule has 0 radical (unpaired) electrons. The Bertz CT molecular complexity index is 334. The van der Waals surface area contributed by atoms with Crippen molar-refractivity contribution in [2.45, 2.75) is 103 Å². The van der Waals surface area contributed by atoms with Gasteiger partial charge in [-0.2, -0.15) is 0 Å². The molecule has 1 heterocycles. The van der Waals surface area contributed by atoms with Crippen molar-refractivity contribution in [2.75, 3.05) is 0 Å². The minimum absolute atomic E-state index is 1.07. The molecule has 0 saturated carbocycles. The van der Waals surface area contributed by atoms with E-state index < -0.39 is 43.6 Å². The Balaban J connectivity index is 3.92. The molecule has 0 spiro atoms. The summed E-state index contributed by atoms with van der Waals surface area (Å²) < 4.78 is 0. The zero-order valence-corrected chi connectivity index (χ0v) is 23.8. The maximum atomic E-state index is 2.82. The summed E-state index contributed by atoms with van der Waals surface area (Å²) in [7, 11) is -4.26. The molecular formula is C16H44Si6. The predicted octanol–water partition coefficient (Wildman–Crippen LogP) is 6.42. The molecule has 1 aliphatic heterocycles. The molecule has 0 aromatic heterocycles. The van der Waals surface area contributed by atoms with Crippen LogP contribution in [0.25, 0.3) is 0 Å². The molecule has 22 heavy (non-hydrogen) atoms. The maximum Gasteiger partial charge on any atom is 0.0333 e. The third-order valence-corrected chi connectivity index (χ3v) is 139. The third-order valence-electron chi connectivity index (χ3n) is 7.20. The van der Waals surface area contributed by atoms with Gasteiger partial charge in [-0.3, -0.25) is 0 Å². The highest BCUT2D eigenvalue weighted by molar-refractivity contribution is 8.09. The van der Waals surface area contributed by atoms with Crippen LogP contribution in [0.15, 0.2) is 0 Å². The fraction of sp³-hybridized carbons (Fsp3) is 1.00. The summed E-state index contributed by atoms with van der Waals surface area (Å²) in [4.78, 5) is 0. The molecule has 0 aromatic rings. The second kappa shape index (κ2) is 5.93. The molecule has 6 heteroatoms. The first-order chi connectivity index (χ1) is 9.46. The highest BCUT2D eigenvalue weighted by atomic mass is 30.2. The van der Waals surface area contributed by atoms with E-state index in [4.69, 9.17) is 0 Å². The van der Waals surface area contributed by atoms with Gasteiger partial charge >= 0.3 is 0 Å². The highest BCUT2D eigenvalue weighted by Crippen LogP contribution is 2.53. The van der Waals surface area contributed by atoms with Gasteiger partial charge in [-0.15, -0.1) is 0 Å². The Morgan fingerprint density at radius 2 is 0.591 bits per heavy atom. The highest BCUT2D eigenvalue weighted by Gasteiger charge is 2.73. The summed E-state index contributed by atoms with van der Waals surface area (Å²) in [6.45, 7) is 31.7. The van der Waals surface area contributed by atoms with Crippen LogP contribution in [0.1, 0.15) is 12.8 Å². The quantitative estimate of drug-likeness (QED) is 0.474. The van der Waals surface area contributed by atoms with Crippen LogP contribution in [-0.2, 0) is 0 Å². The zero-order valence-electron chi connectivity index (χ0n) is 17.8. The summed E-state index contributed by atoms with van der Waals surface area (Å²) in [5.41, 5.74) is 0. The molecule has 0 N–H and O–H groups in total. The Morgan fingerprint density at radius 1 is 0.409 bits per heavy atom. The smallest absolute Gasteiger partial charge is 0.0333 e. The first-order valence-electron chi connectivity index (χ1n) is 9.46. The van der Waals surface area contributed by atoms with Gasteiger partial charge in [0.2, 0.25) is 0 Å². The van der Waals surface area contributed by atoms with Crippen molar-refractivity contribution in [1.82, 2.24) is 0 Å². The monoisotopic (exact) mass is 404 g/mol. The van der Waals surface area contributed by atoms with Crippen molar-refractivity contribution in [2.24, 2.45) is 0 Å². The van der Waals surface area contributed by atoms with E-state index in [9.17, 15) is 0 Å². The summed E-state index contributed by atoms with van der Waals surface area (Å²) in [5, 5.41) is 0. The van der Waals surface area contributed by atoms with Crippen LogP contribution in [0, 0.1) is 0 Å². The summed E-state index contributed by atoms with van der Waals surface area (Å²) >= 11 is 0. The zero-order chi connectivity index (χ0) is 17.8. The van der Waals surface area contributed by atoms with E-state index in [0.717, 1.165) is 0 Å². The van der Waals surface area contributed by atoms with Crippen LogP contribution in [0.2, 0.25) is 90.7 Å². The van der Waals surface area contributed by atoms with Crippen LogP contribution in [-0.4, -0.2) is 43.6 Å². The topological polar surface area (TPSA) is 0 Å². The molecule has 1 fully saturated rings. The van der Waals surface area contributed by atoms with Gasteiger partial charge in [0.05, 0.1) is 0 Å². The van der Waals surface area contributed by atoms with Gasteiger partial charge in [0.25, 0.3) is 0 Å². The molecule has 0 amide bonds. The van der Waals surface area contributed by atoms with Gasteiger partial charge in [-0.1, -0.05) is 103 Å². The Labute approximate surface area is 146 Å². The first kappa shape index (κ1) is 21.3. The fourth-order valence-corrected chi connectivity index (χ4v) is 238. The molecule has 0 atom stereocenters. The summed E-state index contributed by atoms with van der Waals surface area (Å²) in [6.07, 6.45) is 3.20. The van der Waals surface area contributed by atoms with Crippen LogP contribution in [0.3, 0.4) is 0 Å². The summed E-state index contributed by atoms with van der Waals surface area (Å²) in [6, 6.07) is 3.53. The normalized spacial score (nSPS) is 23.5. The van der Waals surface area contributed by atoms with Gasteiger partial charge in [-0.05, 0) is 0 Å². The minimum atomic E-state index is -1.10. The fourth-order valence-electron chi connectivity index (χ4n) is 7.52. The SMILES string of the molecule is C[Si](C)(C)[Si]1([Si](C)(C)C)CCCC[Si]1([Si](C)(C)C)[Si](C)(C)C. The van der Waals surface area contributed by atoms with Crippen molar-refractivity contribution in [3.63, 3.8) is 0 Å². The molecule has 1 aliphatic rings. The lowest BCUT2D eigenvalue weighted by atomic mass is 10.4. The molecule has 132 valence electrons. The molecule has 0 aromatic carbocycles. The largest absolute Gasteiger partial charge is 0.0719 e. The molecule has 1 saturated heterocycles. The second-order valence-electron chi connectivity index (χ2n) is 12.0. The lowest BCUT2D eigenvalue weighted by molar-refractivity contribution is 0.853. The van der Waals surface area contributed by atoms with Crippen LogP contribution < -0.4 is 0 Å². The van der Waals surface area contributed by atoms with Gasteiger partial charge in [0.1, 0.15) is 0 Å². The maximum absolute atomic E-state index is 2.82. The van der Waals surface area contributed by atoms with Gasteiger partial charge in [0, 0.05) is 43.6 Å². The standard InChI is InChI=1S/C16H44Si6/c1-17(2,3)21(18(4,5)6)15-13-14-16-22(21,19(7,8)9)20(10,11)12/h13-16H2,1-12H3. The molecule has 1 rings (SSSR count). The lowest BCUT2D eigenvalue weighted by Crippen LogP contribution is -2.97. The number of hydrogen-bond donors (Lipinski definition) is 0. The molecule has 0 aliphatic carbocycles. The Kier molecular flexibility index (Phi) is 5.76. The average Bonchev–Trinajstić information content (AvgIpc) is 2.22. The minimum Gasteiger partial charge on any atom is -0.0719 e. The van der Waals surface area contributed by atoms with E-state index in [0.29, 0.717) is 0 Å². The molecular weight excluding hydrogens is 361 g/mol. The average molecular weight is 405 g/mol. The van der Waals surface area contributed by atoms with E-state index in [1.54, 1.807) is 24.9 Å². The van der Waals surface area contributed by atoms with Crippen molar-refractivity contribution < 1.29 is 0 Å². The van der Waals surface area contributed by atoms with Crippen molar-refractivity contribution in [3.8, 4) is 0 Å². The Hall–Kier alpha value is 1.30. The van der Waals surface area contributed by atoms with Crippen molar-refractivity contribution >= 4 is 43.6 Å². The van der Waals surface area contributed by atoms with Crippen LogP contribution >= 0.6 is 0 Å². The third kappa shape index (κ3) is 2.87. The predicted molar refractivity (Wildman–Crippen MR) is 124 cm³/mol. The number of hydrogen-bond acceptors (Lipinski definition) is 0. The van der Waals surface area contributed by atoms with Gasteiger partial charge < -0.3 is 0 Å².